The summed E-state index contributed by atoms with van der Waals surface area (Å²) < 4.78 is 0.616. The fraction of sp³-hybridized carbons (Fsp3) is 0.550. The highest BCUT2D eigenvalue weighted by molar-refractivity contribution is 14.1. The molecule has 0 aromatic heterocycles. The molecule has 0 fully saturated rings. The lowest BCUT2D eigenvalue weighted by atomic mass is 10.00. The molecule has 1 aromatic carbocycles. The Morgan fingerprint density at radius 3 is 1.67 bits per heavy atom. The zero-order valence-corrected chi connectivity index (χ0v) is 23.1. The predicted molar refractivity (Wildman–Crippen MR) is 141 cm³/mol. The summed E-state index contributed by atoms with van der Waals surface area (Å²) in [5, 5.41) is 44.7. The van der Waals surface area contributed by atoms with Crippen LogP contribution in [0, 0.1) is 14.1 Å². The Morgan fingerprint density at radius 1 is 0.848 bits per heavy atom. The molecule has 0 aliphatic heterocycles. The van der Waals surface area contributed by atoms with E-state index >= 15 is 0 Å². The van der Waals surface area contributed by atoms with Gasteiger partial charge < -0.3 is 42.1 Å². The lowest BCUT2D eigenvalue weighted by Gasteiger charge is -2.22. The highest BCUT2D eigenvalue weighted by Crippen LogP contribution is 2.34. The number of halogens is 2. The van der Waals surface area contributed by atoms with Crippen molar-refractivity contribution < 1.29 is 34.8 Å². The van der Waals surface area contributed by atoms with Crippen molar-refractivity contribution in [1.29, 1.82) is 0 Å². The number of carbonyl (C=O) groups is 3. The van der Waals surface area contributed by atoms with Gasteiger partial charge in [-0.05, 0) is 57.7 Å². The van der Waals surface area contributed by atoms with Crippen LogP contribution in [0.25, 0.3) is 0 Å². The van der Waals surface area contributed by atoms with E-state index in [9.17, 15) is 34.8 Å². The van der Waals surface area contributed by atoms with Gasteiger partial charge in [0.1, 0.15) is 0 Å². The van der Waals surface area contributed by atoms with Gasteiger partial charge in [-0.15, -0.1) is 0 Å². The van der Waals surface area contributed by atoms with Crippen LogP contribution in [0.4, 0.5) is 5.69 Å². The summed E-state index contributed by atoms with van der Waals surface area (Å²) in [6.07, 6.45) is 0.0266. The van der Waals surface area contributed by atoms with Gasteiger partial charge in [0.2, 0.25) is 5.91 Å². The smallest absolute Gasteiger partial charge is 0.253 e. The van der Waals surface area contributed by atoms with Crippen molar-refractivity contribution in [2.45, 2.75) is 39.3 Å². The van der Waals surface area contributed by atoms with Gasteiger partial charge in [0.05, 0.1) is 58.9 Å². The number of benzene rings is 1. The van der Waals surface area contributed by atoms with E-state index in [-0.39, 0.29) is 33.4 Å². The Morgan fingerprint density at radius 2 is 1.27 bits per heavy atom. The minimum Gasteiger partial charge on any atom is -0.394 e. The summed E-state index contributed by atoms with van der Waals surface area (Å²) in [7, 11) is 0. The highest BCUT2D eigenvalue weighted by Gasteiger charge is 2.29. The number of carbonyl (C=O) groups excluding carboxylic acids is 3. The van der Waals surface area contributed by atoms with Gasteiger partial charge >= 0.3 is 0 Å². The third kappa shape index (κ3) is 8.88. The molecule has 0 aliphatic rings. The Hall–Kier alpha value is -1.11. The summed E-state index contributed by atoms with van der Waals surface area (Å²) in [5.41, 5.74) is 6.18. The van der Waals surface area contributed by atoms with Crippen LogP contribution in [-0.4, -0.2) is 83.2 Å². The minimum absolute atomic E-state index is 0.0266. The first-order valence-corrected chi connectivity index (χ1v) is 12.4. The lowest BCUT2D eigenvalue weighted by Crippen LogP contribution is -2.42. The predicted octanol–water partition coefficient (Wildman–Crippen LogP) is -0.316. The van der Waals surface area contributed by atoms with Crippen molar-refractivity contribution in [3.8, 4) is 0 Å². The molecule has 0 bridgehead atoms. The highest BCUT2D eigenvalue weighted by atomic mass is 127. The van der Waals surface area contributed by atoms with Crippen LogP contribution < -0.4 is 21.7 Å². The van der Waals surface area contributed by atoms with E-state index in [1.807, 2.05) is 59.0 Å². The number of nitrogens with one attached hydrogen (secondary N) is 3. The minimum atomic E-state index is -0.916. The number of rotatable bonds is 11. The number of aliphatic hydroxyl groups is 4. The first-order valence-electron chi connectivity index (χ1n) is 10.2. The van der Waals surface area contributed by atoms with Gasteiger partial charge in [0.15, 0.2) is 0 Å². The molecular weight excluding hydrogens is 662 g/mol. The summed E-state index contributed by atoms with van der Waals surface area (Å²) >= 11 is 3.69. The van der Waals surface area contributed by atoms with Crippen molar-refractivity contribution >= 4 is 68.6 Å². The third-order valence-corrected chi connectivity index (χ3v) is 6.43. The number of hydrogen-bond donors (Lipinski definition) is 8. The maximum atomic E-state index is 12.9. The van der Waals surface area contributed by atoms with Crippen LogP contribution in [0.5, 0.6) is 0 Å². The third-order valence-electron chi connectivity index (χ3n) is 4.27. The second kappa shape index (κ2) is 16.5. The number of aliphatic hydroxyl groups excluding tert-OH is 4. The van der Waals surface area contributed by atoms with E-state index < -0.39 is 56.2 Å². The Balaban J connectivity index is 0.00000497. The molecule has 0 aliphatic carbocycles. The zero-order chi connectivity index (χ0) is 25.7. The van der Waals surface area contributed by atoms with E-state index in [2.05, 4.69) is 16.0 Å². The van der Waals surface area contributed by atoms with Gasteiger partial charge in [-0.2, -0.15) is 0 Å². The monoisotopic (exact) mass is 694 g/mol. The molecule has 13 heteroatoms. The number of anilines is 1. The molecule has 9 N–H and O–H groups in total. The first kappa shape index (κ1) is 31.9. The maximum Gasteiger partial charge on any atom is 0.253 e. The quantitative estimate of drug-likeness (QED) is 0.145. The average molecular weight is 694 g/mol. The van der Waals surface area contributed by atoms with Crippen LogP contribution in [0.2, 0.25) is 0 Å². The molecular formula is C20H32I2N4O7. The fourth-order valence-electron chi connectivity index (χ4n) is 2.56. The standard InChI is InChI=1S/C18H26I2N4O7.C2H6/c1-8-12(17(30)22-9(4-25)5-26)14(19)13(18(31)23-10(6-27)7-28)15(20)16(8)24-11(29)2-3-21;1-2/h9-10,25-28H,2-7,21H2,1H3,(H,22,30)(H,23,31)(H,24,29);1-2H3. The molecule has 0 radical (unpaired) electrons. The molecule has 0 atom stereocenters. The van der Waals surface area contributed by atoms with Crippen LogP contribution in [0.3, 0.4) is 0 Å². The van der Waals surface area contributed by atoms with Crippen molar-refractivity contribution in [1.82, 2.24) is 10.6 Å². The van der Waals surface area contributed by atoms with E-state index in [0.717, 1.165) is 0 Å². The number of nitrogens with two attached hydrogens (primary N) is 1. The summed E-state index contributed by atoms with van der Waals surface area (Å²) in [6.45, 7) is 3.72. The fourth-order valence-corrected chi connectivity index (χ4v) is 5.30. The Kier molecular flexibility index (Phi) is 16.0. The van der Waals surface area contributed by atoms with Crippen LogP contribution in [0.15, 0.2) is 0 Å². The van der Waals surface area contributed by atoms with Crippen molar-refractivity contribution in [2.24, 2.45) is 5.73 Å². The molecule has 0 heterocycles. The SMILES string of the molecule is CC.Cc1c(NC(=O)CCN)c(I)c(C(=O)NC(CO)CO)c(I)c1C(=O)NC(CO)CO. The largest absolute Gasteiger partial charge is 0.394 e. The molecule has 0 unspecified atom stereocenters. The topological polar surface area (TPSA) is 194 Å². The lowest BCUT2D eigenvalue weighted by molar-refractivity contribution is -0.116. The van der Waals surface area contributed by atoms with Gasteiger partial charge in [-0.25, -0.2) is 0 Å². The van der Waals surface area contributed by atoms with Crippen molar-refractivity contribution in [2.75, 3.05) is 38.3 Å². The van der Waals surface area contributed by atoms with Gasteiger partial charge in [0.25, 0.3) is 11.8 Å². The Labute approximate surface area is 220 Å². The van der Waals surface area contributed by atoms with Crippen LogP contribution in [-0.2, 0) is 4.79 Å². The molecule has 1 aromatic rings. The summed E-state index contributed by atoms with van der Waals surface area (Å²) in [4.78, 5) is 38.0. The molecule has 0 saturated heterocycles. The molecule has 0 saturated carbocycles. The van der Waals surface area contributed by atoms with E-state index in [1.165, 1.54) is 0 Å². The van der Waals surface area contributed by atoms with Gasteiger partial charge in [-0.3, -0.25) is 14.4 Å². The van der Waals surface area contributed by atoms with Gasteiger partial charge in [-0.1, -0.05) is 13.8 Å². The Bertz CT molecular complexity index is 763. The molecule has 11 nitrogen and oxygen atoms in total. The molecule has 3 amide bonds. The van der Waals surface area contributed by atoms with E-state index in [4.69, 9.17) is 5.73 Å². The van der Waals surface area contributed by atoms with Crippen molar-refractivity contribution in [3.05, 3.63) is 23.8 Å². The van der Waals surface area contributed by atoms with E-state index in [1.54, 1.807) is 6.92 Å². The summed E-state index contributed by atoms with van der Waals surface area (Å²) in [5.74, 6) is -1.73. The van der Waals surface area contributed by atoms with Gasteiger partial charge in [0, 0.05) is 16.5 Å². The molecule has 33 heavy (non-hydrogen) atoms. The van der Waals surface area contributed by atoms with E-state index in [0.29, 0.717) is 9.13 Å². The first-order chi connectivity index (χ1) is 15.7. The average Bonchev–Trinajstić information content (AvgIpc) is 2.80. The van der Waals surface area contributed by atoms with Crippen LogP contribution >= 0.6 is 45.2 Å². The normalized spacial score (nSPS) is 10.5. The maximum absolute atomic E-state index is 12.9. The second-order valence-electron chi connectivity index (χ2n) is 6.54. The van der Waals surface area contributed by atoms with Crippen LogP contribution in [0.1, 0.15) is 46.5 Å². The summed E-state index contributed by atoms with van der Waals surface area (Å²) in [6, 6.07) is -1.83. The molecule has 0 spiro atoms. The van der Waals surface area contributed by atoms with Crippen molar-refractivity contribution in [3.63, 3.8) is 0 Å². The number of amides is 3. The molecule has 1 rings (SSSR count). The molecule has 188 valence electrons. The zero-order valence-electron chi connectivity index (χ0n) is 18.7. The second-order valence-corrected chi connectivity index (χ2v) is 8.69. The number of hydrogen-bond acceptors (Lipinski definition) is 8.